The Bertz CT molecular complexity index is 477. The quantitative estimate of drug-likeness (QED) is 0.684. The smallest absolute Gasteiger partial charge is 0.268 e. The minimum atomic E-state index is -0.314. The predicted molar refractivity (Wildman–Crippen MR) is 73.5 cm³/mol. The maximum absolute atomic E-state index is 12.1. The Balaban J connectivity index is 3.16. The number of aryl methyl sites for hydroxylation is 1. The molecule has 0 spiro atoms. The van der Waals surface area contributed by atoms with E-state index in [0.29, 0.717) is 17.7 Å². The number of nitrogens with one attached hydrogen (secondary N) is 2. The number of hydrogen-bond acceptors (Lipinski definition) is 3. The lowest BCUT2D eigenvalue weighted by Gasteiger charge is -2.11. The molecule has 0 fully saturated rings. The van der Waals surface area contributed by atoms with Crippen LogP contribution in [0.15, 0.2) is 0 Å². The van der Waals surface area contributed by atoms with E-state index in [0.717, 1.165) is 17.7 Å². The number of hydrogen-bond donors (Lipinski definition) is 3. The normalized spacial score (nSPS) is 12.3. The van der Waals surface area contributed by atoms with Gasteiger partial charge in [-0.1, -0.05) is 13.3 Å². The number of aromatic nitrogens is 1. The molecule has 0 saturated heterocycles. The Morgan fingerprint density at radius 2 is 2.05 bits per heavy atom. The number of aliphatic hydroxyl groups is 1. The van der Waals surface area contributed by atoms with E-state index in [1.807, 2.05) is 6.92 Å². The molecule has 3 N–H and O–H groups in total. The molecule has 106 valence electrons. The lowest BCUT2D eigenvalue weighted by Crippen LogP contribution is -2.35. The van der Waals surface area contributed by atoms with E-state index < -0.39 is 0 Å². The molecule has 1 aromatic heterocycles. The molecule has 1 amide bonds. The highest BCUT2D eigenvalue weighted by atomic mass is 16.3. The summed E-state index contributed by atoms with van der Waals surface area (Å²) in [5, 5.41) is 11.7. The molecule has 1 aromatic rings. The molecule has 0 aliphatic heterocycles. The zero-order valence-electron chi connectivity index (χ0n) is 12.0. The van der Waals surface area contributed by atoms with Gasteiger partial charge < -0.3 is 15.4 Å². The van der Waals surface area contributed by atoms with E-state index in [1.54, 1.807) is 13.8 Å². The number of aliphatic hydroxyl groups excluding tert-OH is 1. The van der Waals surface area contributed by atoms with Crippen molar-refractivity contribution in [1.82, 2.24) is 10.3 Å². The molecule has 5 nitrogen and oxygen atoms in total. The Labute approximate surface area is 113 Å². The fourth-order valence-corrected chi connectivity index (χ4v) is 2.19. The van der Waals surface area contributed by atoms with Crippen LogP contribution < -0.4 is 5.32 Å². The number of carbonyl (C=O) groups is 2. The molecule has 1 unspecified atom stereocenters. The topological polar surface area (TPSA) is 82.2 Å². The molecular weight excluding hydrogens is 244 g/mol. The molecule has 5 heteroatoms. The molecule has 0 bridgehead atoms. The maximum Gasteiger partial charge on any atom is 0.268 e. The zero-order valence-corrected chi connectivity index (χ0v) is 12.0. The van der Waals surface area contributed by atoms with Crippen molar-refractivity contribution in [2.75, 3.05) is 6.61 Å². The van der Waals surface area contributed by atoms with E-state index in [-0.39, 0.29) is 24.3 Å². The summed E-state index contributed by atoms with van der Waals surface area (Å²) >= 11 is 0. The van der Waals surface area contributed by atoms with Gasteiger partial charge in [0, 0.05) is 17.3 Å². The molecule has 1 atom stereocenters. The number of rotatable bonds is 6. The molecular formula is C14H22N2O3. The molecule has 1 rings (SSSR count). The minimum Gasteiger partial charge on any atom is -0.394 e. The van der Waals surface area contributed by atoms with Crippen molar-refractivity contribution in [2.45, 2.75) is 46.6 Å². The van der Waals surface area contributed by atoms with Crippen molar-refractivity contribution in [3.63, 3.8) is 0 Å². The fourth-order valence-electron chi connectivity index (χ4n) is 2.19. The Morgan fingerprint density at radius 3 is 2.53 bits per heavy atom. The summed E-state index contributed by atoms with van der Waals surface area (Å²) in [5.74, 6) is -0.313. The van der Waals surface area contributed by atoms with Gasteiger partial charge >= 0.3 is 0 Å². The summed E-state index contributed by atoms with van der Waals surface area (Å²) in [5.41, 5.74) is 2.54. The minimum absolute atomic E-state index is 0.0357. The second-order valence-electron chi connectivity index (χ2n) is 4.84. The average molecular weight is 266 g/mol. The van der Waals surface area contributed by atoms with Gasteiger partial charge in [-0.05, 0) is 32.8 Å². The molecule has 0 aromatic carbocycles. The summed E-state index contributed by atoms with van der Waals surface area (Å²) in [6.07, 6.45) is 1.53. The van der Waals surface area contributed by atoms with Crippen LogP contribution in [-0.2, 0) is 6.42 Å². The second kappa shape index (κ2) is 6.52. The monoisotopic (exact) mass is 266 g/mol. The van der Waals surface area contributed by atoms with E-state index in [2.05, 4.69) is 10.3 Å². The van der Waals surface area contributed by atoms with Crippen molar-refractivity contribution in [3.8, 4) is 0 Å². The van der Waals surface area contributed by atoms with Gasteiger partial charge in [0.1, 0.15) is 5.69 Å². The number of Topliss-reactive ketones (excluding diaryl/α,β-unsaturated/α-hetero) is 1. The SMILES string of the molecule is CCCc1c(C(=O)NC(C)CO)[nH]c(C)c1C(C)=O. The van der Waals surface area contributed by atoms with E-state index in [4.69, 9.17) is 5.11 Å². The third-order valence-electron chi connectivity index (χ3n) is 3.02. The van der Waals surface area contributed by atoms with Gasteiger partial charge in [0.05, 0.1) is 6.61 Å². The van der Waals surface area contributed by atoms with Crippen molar-refractivity contribution in [3.05, 3.63) is 22.5 Å². The summed E-state index contributed by atoms with van der Waals surface area (Å²) < 4.78 is 0. The highest BCUT2D eigenvalue weighted by Gasteiger charge is 2.22. The zero-order chi connectivity index (χ0) is 14.6. The first kappa shape index (κ1) is 15.4. The van der Waals surface area contributed by atoms with Gasteiger partial charge in [0.15, 0.2) is 5.78 Å². The largest absolute Gasteiger partial charge is 0.394 e. The molecule has 0 aliphatic rings. The van der Waals surface area contributed by atoms with Crippen LogP contribution in [0.4, 0.5) is 0 Å². The third-order valence-corrected chi connectivity index (χ3v) is 3.02. The summed E-state index contributed by atoms with van der Waals surface area (Å²) in [6.45, 7) is 6.91. The lowest BCUT2D eigenvalue weighted by atomic mass is 10.0. The first-order valence-corrected chi connectivity index (χ1v) is 6.56. The average Bonchev–Trinajstić information content (AvgIpc) is 2.66. The van der Waals surface area contributed by atoms with E-state index in [9.17, 15) is 9.59 Å². The van der Waals surface area contributed by atoms with Crippen LogP contribution in [0.3, 0.4) is 0 Å². The first-order valence-electron chi connectivity index (χ1n) is 6.56. The molecule has 19 heavy (non-hydrogen) atoms. The van der Waals surface area contributed by atoms with Gasteiger partial charge in [-0.2, -0.15) is 0 Å². The maximum atomic E-state index is 12.1. The number of aromatic amines is 1. The van der Waals surface area contributed by atoms with Crippen LogP contribution in [0, 0.1) is 6.92 Å². The molecule has 0 radical (unpaired) electrons. The van der Waals surface area contributed by atoms with Gasteiger partial charge in [0.25, 0.3) is 5.91 Å². The molecule has 0 saturated carbocycles. The number of ketones is 1. The van der Waals surface area contributed by atoms with Crippen molar-refractivity contribution < 1.29 is 14.7 Å². The number of amides is 1. The Morgan fingerprint density at radius 1 is 1.42 bits per heavy atom. The third kappa shape index (κ3) is 3.44. The summed E-state index contributed by atoms with van der Waals surface area (Å²) in [6, 6.07) is -0.314. The number of H-pyrrole nitrogens is 1. The predicted octanol–water partition coefficient (Wildman–Crippen LogP) is 1.59. The molecule has 0 aliphatic carbocycles. The van der Waals surface area contributed by atoms with Gasteiger partial charge in [-0.15, -0.1) is 0 Å². The van der Waals surface area contributed by atoms with Crippen LogP contribution in [0.25, 0.3) is 0 Å². The Hall–Kier alpha value is -1.62. The second-order valence-corrected chi connectivity index (χ2v) is 4.84. The van der Waals surface area contributed by atoms with Crippen LogP contribution in [0.2, 0.25) is 0 Å². The lowest BCUT2D eigenvalue weighted by molar-refractivity contribution is 0.0916. The van der Waals surface area contributed by atoms with Gasteiger partial charge in [-0.3, -0.25) is 9.59 Å². The highest BCUT2D eigenvalue weighted by molar-refractivity contribution is 6.02. The van der Waals surface area contributed by atoms with Crippen LogP contribution in [0.1, 0.15) is 59.3 Å². The Kier molecular flexibility index (Phi) is 5.30. The van der Waals surface area contributed by atoms with E-state index >= 15 is 0 Å². The van der Waals surface area contributed by atoms with Crippen LogP contribution >= 0.6 is 0 Å². The highest BCUT2D eigenvalue weighted by Crippen LogP contribution is 2.21. The van der Waals surface area contributed by atoms with Crippen LogP contribution in [0.5, 0.6) is 0 Å². The number of carbonyl (C=O) groups excluding carboxylic acids is 2. The first-order chi connectivity index (χ1) is 8.92. The van der Waals surface area contributed by atoms with Crippen molar-refractivity contribution in [1.29, 1.82) is 0 Å². The summed E-state index contributed by atoms with van der Waals surface area (Å²) in [7, 11) is 0. The van der Waals surface area contributed by atoms with Crippen LogP contribution in [-0.4, -0.2) is 34.4 Å². The molecule has 1 heterocycles. The standard InChI is InChI=1S/C14H22N2O3/c1-5-6-11-12(10(4)18)9(3)16-13(11)14(19)15-8(2)7-17/h8,16-17H,5-7H2,1-4H3,(H,15,19). The van der Waals surface area contributed by atoms with Crippen molar-refractivity contribution in [2.24, 2.45) is 0 Å². The van der Waals surface area contributed by atoms with Gasteiger partial charge in [-0.25, -0.2) is 0 Å². The van der Waals surface area contributed by atoms with Crippen molar-refractivity contribution >= 4 is 11.7 Å². The van der Waals surface area contributed by atoms with E-state index in [1.165, 1.54) is 6.92 Å². The summed E-state index contributed by atoms with van der Waals surface area (Å²) in [4.78, 5) is 26.8. The van der Waals surface area contributed by atoms with Gasteiger partial charge in [0.2, 0.25) is 0 Å². The fraction of sp³-hybridized carbons (Fsp3) is 0.571.